The van der Waals surface area contributed by atoms with E-state index in [0.29, 0.717) is 5.02 Å². The van der Waals surface area contributed by atoms with Gasteiger partial charge in [0.05, 0.1) is 11.8 Å². The number of imidazole rings is 1. The van der Waals surface area contributed by atoms with E-state index in [-0.39, 0.29) is 5.56 Å². The van der Waals surface area contributed by atoms with Gasteiger partial charge in [0.15, 0.2) is 0 Å². The Morgan fingerprint density at radius 3 is 2.38 bits per heavy atom. The molecule has 0 aliphatic heterocycles. The summed E-state index contributed by atoms with van der Waals surface area (Å²) >= 11 is 5.94. The van der Waals surface area contributed by atoms with Gasteiger partial charge in [-0.25, -0.2) is 9.37 Å². The Bertz CT molecular complexity index is 1090. The van der Waals surface area contributed by atoms with Gasteiger partial charge < -0.3 is 9.51 Å². The lowest BCUT2D eigenvalue weighted by molar-refractivity contribution is 0.194. The number of nitrogens with zero attached hydrogens (tertiary/aromatic N) is 2. The molecule has 1 unspecified atom stereocenters. The van der Waals surface area contributed by atoms with Gasteiger partial charge in [-0.1, -0.05) is 29.8 Å². The first-order chi connectivity index (χ1) is 12.5. The molecule has 2 aromatic carbocycles. The number of hydrogen-bond acceptors (Lipinski definition) is 2. The number of aromatic nitrogens is 2. The van der Waals surface area contributed by atoms with Gasteiger partial charge in [-0.3, -0.25) is 0 Å². The SMILES string of the molecule is CC(O)c1cc(-c2ccc3nc(-c4ccc(Cl)cc4)cn3c2)ccc1F. The van der Waals surface area contributed by atoms with Crippen LogP contribution in [0.15, 0.2) is 67.0 Å². The van der Waals surface area contributed by atoms with E-state index in [4.69, 9.17) is 11.6 Å². The molecule has 130 valence electrons. The van der Waals surface area contributed by atoms with Gasteiger partial charge in [0.25, 0.3) is 0 Å². The molecule has 1 N–H and O–H groups in total. The average molecular weight is 367 g/mol. The summed E-state index contributed by atoms with van der Waals surface area (Å²) in [6.07, 6.45) is 3.03. The third-order valence-corrected chi connectivity index (χ3v) is 4.62. The fraction of sp³-hybridized carbons (Fsp3) is 0.0952. The molecular formula is C21H16ClFN2O. The number of pyridine rings is 1. The number of rotatable bonds is 3. The first-order valence-corrected chi connectivity index (χ1v) is 8.61. The van der Waals surface area contributed by atoms with Gasteiger partial charge in [0, 0.05) is 28.5 Å². The zero-order chi connectivity index (χ0) is 18.3. The van der Waals surface area contributed by atoms with Crippen LogP contribution in [-0.2, 0) is 0 Å². The van der Waals surface area contributed by atoms with Gasteiger partial charge in [0.2, 0.25) is 0 Å². The predicted octanol–water partition coefficient (Wildman–Crippen LogP) is 5.51. The van der Waals surface area contributed by atoms with Crippen molar-refractivity contribution in [3.63, 3.8) is 0 Å². The number of aliphatic hydroxyl groups excluding tert-OH is 1. The molecule has 0 bridgehead atoms. The van der Waals surface area contributed by atoms with E-state index in [1.807, 2.05) is 53.2 Å². The van der Waals surface area contributed by atoms with Crippen molar-refractivity contribution < 1.29 is 9.50 Å². The molecule has 0 amide bonds. The molecule has 0 radical (unpaired) electrons. The van der Waals surface area contributed by atoms with Crippen LogP contribution in [0.1, 0.15) is 18.6 Å². The minimum atomic E-state index is -0.858. The van der Waals surface area contributed by atoms with Crippen LogP contribution in [0.4, 0.5) is 4.39 Å². The summed E-state index contributed by atoms with van der Waals surface area (Å²) in [5, 5.41) is 10.4. The van der Waals surface area contributed by atoms with Crippen LogP contribution in [0.2, 0.25) is 5.02 Å². The third-order valence-electron chi connectivity index (χ3n) is 4.37. The maximum absolute atomic E-state index is 13.8. The largest absolute Gasteiger partial charge is 0.389 e. The Kier molecular flexibility index (Phi) is 4.23. The summed E-state index contributed by atoms with van der Waals surface area (Å²) in [6, 6.07) is 16.2. The van der Waals surface area contributed by atoms with Gasteiger partial charge >= 0.3 is 0 Å². The molecule has 0 spiro atoms. The number of aliphatic hydroxyl groups is 1. The normalized spacial score (nSPS) is 12.5. The molecule has 0 fully saturated rings. The maximum Gasteiger partial charge on any atom is 0.137 e. The second-order valence-electron chi connectivity index (χ2n) is 6.23. The Morgan fingerprint density at radius 1 is 0.962 bits per heavy atom. The fourth-order valence-electron chi connectivity index (χ4n) is 2.97. The highest BCUT2D eigenvalue weighted by molar-refractivity contribution is 6.30. The second kappa shape index (κ2) is 6.56. The topological polar surface area (TPSA) is 37.5 Å². The Hall–Kier alpha value is -2.69. The highest BCUT2D eigenvalue weighted by Crippen LogP contribution is 2.27. The van der Waals surface area contributed by atoms with Gasteiger partial charge in [-0.2, -0.15) is 0 Å². The first-order valence-electron chi connectivity index (χ1n) is 8.24. The standard InChI is InChI=1S/C21H16ClFN2O/c1-13(26)18-10-15(4-8-19(18)23)16-5-9-21-24-20(12-25(21)11-16)14-2-6-17(22)7-3-14/h2-13,26H,1H3. The molecule has 2 aromatic heterocycles. The average Bonchev–Trinajstić information content (AvgIpc) is 3.05. The number of benzene rings is 2. The summed E-state index contributed by atoms with van der Waals surface area (Å²) in [6.45, 7) is 1.56. The first kappa shape index (κ1) is 16.8. The molecule has 5 heteroatoms. The molecule has 0 saturated carbocycles. The van der Waals surface area contributed by atoms with E-state index in [1.165, 1.54) is 6.07 Å². The van der Waals surface area contributed by atoms with Gasteiger partial charge in [-0.05, 0) is 54.4 Å². The van der Waals surface area contributed by atoms with Crippen molar-refractivity contribution in [2.75, 3.05) is 0 Å². The quantitative estimate of drug-likeness (QED) is 0.518. The van der Waals surface area contributed by atoms with Gasteiger partial charge in [0.1, 0.15) is 11.5 Å². The van der Waals surface area contributed by atoms with Crippen molar-refractivity contribution in [3.05, 3.63) is 83.4 Å². The predicted molar refractivity (Wildman–Crippen MR) is 102 cm³/mol. The summed E-state index contributed by atoms with van der Waals surface area (Å²) in [7, 11) is 0. The molecule has 4 rings (SSSR count). The molecule has 1 atom stereocenters. The van der Waals surface area contributed by atoms with E-state index < -0.39 is 11.9 Å². The van der Waals surface area contributed by atoms with E-state index in [0.717, 1.165) is 28.0 Å². The van der Waals surface area contributed by atoms with Crippen LogP contribution >= 0.6 is 11.6 Å². The highest BCUT2D eigenvalue weighted by Gasteiger charge is 2.11. The Morgan fingerprint density at radius 2 is 1.65 bits per heavy atom. The van der Waals surface area contributed by atoms with Crippen LogP contribution in [0.3, 0.4) is 0 Å². The van der Waals surface area contributed by atoms with Gasteiger partial charge in [-0.15, -0.1) is 0 Å². The molecule has 2 heterocycles. The second-order valence-corrected chi connectivity index (χ2v) is 6.66. The zero-order valence-corrected chi connectivity index (χ0v) is 14.8. The summed E-state index contributed by atoms with van der Waals surface area (Å²) in [5.74, 6) is -0.405. The smallest absolute Gasteiger partial charge is 0.137 e. The fourth-order valence-corrected chi connectivity index (χ4v) is 3.09. The lowest BCUT2D eigenvalue weighted by Gasteiger charge is -2.09. The van der Waals surface area contributed by atoms with E-state index in [1.54, 1.807) is 19.1 Å². The van der Waals surface area contributed by atoms with Crippen molar-refractivity contribution in [1.29, 1.82) is 0 Å². The number of hydrogen-bond donors (Lipinski definition) is 1. The lowest BCUT2D eigenvalue weighted by atomic mass is 10.0. The van der Waals surface area contributed by atoms with Crippen LogP contribution in [-0.4, -0.2) is 14.5 Å². The molecule has 3 nitrogen and oxygen atoms in total. The van der Waals surface area contributed by atoms with E-state index in [9.17, 15) is 9.50 Å². The minimum Gasteiger partial charge on any atom is -0.389 e. The maximum atomic E-state index is 13.8. The molecule has 0 aliphatic carbocycles. The minimum absolute atomic E-state index is 0.287. The zero-order valence-electron chi connectivity index (χ0n) is 14.0. The molecule has 0 aliphatic rings. The van der Waals surface area contributed by atoms with Crippen LogP contribution in [0, 0.1) is 5.82 Å². The van der Waals surface area contributed by atoms with Crippen LogP contribution in [0.5, 0.6) is 0 Å². The molecule has 26 heavy (non-hydrogen) atoms. The summed E-state index contributed by atoms with van der Waals surface area (Å²) in [5.41, 5.74) is 4.69. The van der Waals surface area contributed by atoms with Crippen LogP contribution < -0.4 is 0 Å². The molecule has 0 saturated heterocycles. The van der Waals surface area contributed by atoms with Crippen molar-refractivity contribution >= 4 is 17.2 Å². The highest BCUT2D eigenvalue weighted by atomic mass is 35.5. The molecular weight excluding hydrogens is 351 g/mol. The van der Waals surface area contributed by atoms with Crippen molar-refractivity contribution in [2.45, 2.75) is 13.0 Å². The monoisotopic (exact) mass is 366 g/mol. The summed E-state index contributed by atoms with van der Waals surface area (Å²) < 4.78 is 15.8. The Labute approximate surface area is 155 Å². The van der Waals surface area contributed by atoms with Crippen molar-refractivity contribution in [2.24, 2.45) is 0 Å². The van der Waals surface area contributed by atoms with E-state index in [2.05, 4.69) is 4.98 Å². The number of fused-ring (bicyclic) bond motifs is 1. The number of halogens is 2. The Balaban J connectivity index is 1.76. The summed E-state index contributed by atoms with van der Waals surface area (Å²) in [4.78, 5) is 4.63. The third kappa shape index (κ3) is 3.09. The van der Waals surface area contributed by atoms with E-state index >= 15 is 0 Å². The lowest BCUT2D eigenvalue weighted by Crippen LogP contribution is -1.96. The molecule has 4 aromatic rings. The van der Waals surface area contributed by atoms with Crippen molar-refractivity contribution in [3.8, 4) is 22.4 Å². The van der Waals surface area contributed by atoms with Crippen molar-refractivity contribution in [1.82, 2.24) is 9.38 Å². The van der Waals surface area contributed by atoms with Crippen LogP contribution in [0.25, 0.3) is 28.0 Å².